The van der Waals surface area contributed by atoms with Crippen molar-refractivity contribution in [2.45, 2.75) is 19.1 Å². The van der Waals surface area contributed by atoms with Crippen molar-refractivity contribution in [1.29, 1.82) is 0 Å². The third-order valence-electron chi connectivity index (χ3n) is 1.99. The van der Waals surface area contributed by atoms with Gasteiger partial charge in [-0.25, -0.2) is 0 Å². The minimum atomic E-state index is -0.440. The lowest BCUT2D eigenvalue weighted by molar-refractivity contribution is 0.181. The highest BCUT2D eigenvalue weighted by molar-refractivity contribution is 5.24. The average molecular weight is 177 g/mol. The Hall–Kier alpha value is -1.12. The van der Waals surface area contributed by atoms with Crippen LogP contribution in [0.4, 0.5) is 0 Å². The quantitative estimate of drug-likeness (QED) is 0.688. The Kier molecular flexibility index (Phi) is 3.68. The lowest BCUT2D eigenvalue weighted by Gasteiger charge is -2.08. The minimum absolute atomic E-state index is 0.440. The SMILES string of the molecule is C=CCC(O)c1ccc(CN)cc1. The Morgan fingerprint density at radius 2 is 2.00 bits per heavy atom. The van der Waals surface area contributed by atoms with E-state index in [0.29, 0.717) is 13.0 Å². The summed E-state index contributed by atoms with van der Waals surface area (Å²) in [4.78, 5) is 0. The summed E-state index contributed by atoms with van der Waals surface area (Å²) in [6, 6.07) is 7.66. The lowest BCUT2D eigenvalue weighted by Crippen LogP contribution is -1.98. The van der Waals surface area contributed by atoms with Crippen LogP contribution in [0.15, 0.2) is 36.9 Å². The Balaban J connectivity index is 2.73. The van der Waals surface area contributed by atoms with E-state index in [1.807, 2.05) is 24.3 Å². The van der Waals surface area contributed by atoms with E-state index in [2.05, 4.69) is 6.58 Å². The molecule has 0 aliphatic carbocycles. The van der Waals surface area contributed by atoms with E-state index < -0.39 is 6.10 Å². The molecule has 0 aliphatic rings. The van der Waals surface area contributed by atoms with Crippen molar-refractivity contribution in [2.24, 2.45) is 5.73 Å². The molecular formula is C11H15NO. The van der Waals surface area contributed by atoms with Crippen LogP contribution in [0, 0.1) is 0 Å². The van der Waals surface area contributed by atoms with Crippen LogP contribution in [-0.4, -0.2) is 5.11 Å². The maximum Gasteiger partial charge on any atom is 0.0824 e. The van der Waals surface area contributed by atoms with Crippen LogP contribution in [0.3, 0.4) is 0 Å². The topological polar surface area (TPSA) is 46.2 Å². The normalized spacial score (nSPS) is 12.5. The molecule has 0 spiro atoms. The van der Waals surface area contributed by atoms with Gasteiger partial charge in [0.15, 0.2) is 0 Å². The van der Waals surface area contributed by atoms with Crippen molar-refractivity contribution in [3.05, 3.63) is 48.0 Å². The van der Waals surface area contributed by atoms with Gasteiger partial charge in [-0.1, -0.05) is 30.3 Å². The summed E-state index contributed by atoms with van der Waals surface area (Å²) in [6.07, 6.45) is 1.85. The number of benzene rings is 1. The lowest BCUT2D eigenvalue weighted by atomic mass is 10.0. The average Bonchev–Trinajstić information content (AvgIpc) is 2.18. The summed E-state index contributed by atoms with van der Waals surface area (Å²) in [6.45, 7) is 4.12. The van der Waals surface area contributed by atoms with E-state index in [1.165, 1.54) is 0 Å². The van der Waals surface area contributed by atoms with Gasteiger partial charge in [0.1, 0.15) is 0 Å². The molecule has 1 aromatic rings. The van der Waals surface area contributed by atoms with Crippen molar-refractivity contribution in [1.82, 2.24) is 0 Å². The van der Waals surface area contributed by atoms with Gasteiger partial charge < -0.3 is 10.8 Å². The van der Waals surface area contributed by atoms with Crippen LogP contribution in [0.5, 0.6) is 0 Å². The van der Waals surface area contributed by atoms with Crippen LogP contribution in [0.2, 0.25) is 0 Å². The molecule has 0 saturated heterocycles. The largest absolute Gasteiger partial charge is 0.388 e. The monoisotopic (exact) mass is 177 g/mol. The standard InChI is InChI=1S/C11H15NO/c1-2-3-11(13)10-6-4-9(8-12)5-7-10/h2,4-7,11,13H,1,3,8,12H2. The van der Waals surface area contributed by atoms with Crippen LogP contribution in [0.1, 0.15) is 23.7 Å². The Morgan fingerprint density at radius 1 is 1.38 bits per heavy atom. The third-order valence-corrected chi connectivity index (χ3v) is 1.99. The zero-order valence-corrected chi connectivity index (χ0v) is 7.61. The first kappa shape index (κ1) is 9.96. The van der Waals surface area contributed by atoms with Gasteiger partial charge in [-0.3, -0.25) is 0 Å². The van der Waals surface area contributed by atoms with Gasteiger partial charge >= 0.3 is 0 Å². The number of hydrogen-bond acceptors (Lipinski definition) is 2. The number of rotatable bonds is 4. The highest BCUT2D eigenvalue weighted by Gasteiger charge is 2.03. The van der Waals surface area contributed by atoms with Crippen molar-refractivity contribution in [2.75, 3.05) is 0 Å². The van der Waals surface area contributed by atoms with Gasteiger partial charge in [0.05, 0.1) is 6.10 Å². The summed E-state index contributed by atoms with van der Waals surface area (Å²) < 4.78 is 0. The van der Waals surface area contributed by atoms with Gasteiger partial charge in [-0.05, 0) is 17.5 Å². The van der Waals surface area contributed by atoms with E-state index in [4.69, 9.17) is 5.73 Å². The molecule has 0 heterocycles. The molecule has 1 unspecified atom stereocenters. The van der Waals surface area contributed by atoms with Gasteiger partial charge in [0, 0.05) is 6.54 Å². The summed E-state index contributed by atoms with van der Waals surface area (Å²) in [5, 5.41) is 9.58. The molecule has 1 rings (SSSR count). The van der Waals surface area contributed by atoms with Crippen molar-refractivity contribution in [3.63, 3.8) is 0 Å². The van der Waals surface area contributed by atoms with Crippen LogP contribution < -0.4 is 5.73 Å². The van der Waals surface area contributed by atoms with Crippen LogP contribution in [0.25, 0.3) is 0 Å². The maximum atomic E-state index is 9.58. The van der Waals surface area contributed by atoms with Gasteiger partial charge in [0.2, 0.25) is 0 Å². The predicted octanol–water partition coefficient (Wildman–Crippen LogP) is 1.75. The van der Waals surface area contributed by atoms with Gasteiger partial charge in [0.25, 0.3) is 0 Å². The summed E-state index contributed by atoms with van der Waals surface area (Å²) in [5.74, 6) is 0. The minimum Gasteiger partial charge on any atom is -0.388 e. The molecule has 1 atom stereocenters. The van der Waals surface area contributed by atoms with E-state index in [-0.39, 0.29) is 0 Å². The van der Waals surface area contributed by atoms with Crippen molar-refractivity contribution in [3.8, 4) is 0 Å². The molecule has 3 N–H and O–H groups in total. The Morgan fingerprint density at radius 3 is 2.46 bits per heavy atom. The molecule has 2 nitrogen and oxygen atoms in total. The molecule has 2 heteroatoms. The molecule has 0 aromatic heterocycles. The van der Waals surface area contributed by atoms with E-state index in [9.17, 15) is 5.11 Å². The van der Waals surface area contributed by atoms with E-state index >= 15 is 0 Å². The number of hydrogen-bond donors (Lipinski definition) is 2. The van der Waals surface area contributed by atoms with Crippen LogP contribution >= 0.6 is 0 Å². The highest BCUT2D eigenvalue weighted by Crippen LogP contribution is 2.16. The second kappa shape index (κ2) is 4.80. The molecule has 1 aromatic carbocycles. The number of aliphatic hydroxyl groups excluding tert-OH is 1. The third kappa shape index (κ3) is 2.68. The van der Waals surface area contributed by atoms with Crippen molar-refractivity contribution >= 4 is 0 Å². The maximum absolute atomic E-state index is 9.58. The highest BCUT2D eigenvalue weighted by atomic mass is 16.3. The van der Waals surface area contributed by atoms with Crippen molar-refractivity contribution < 1.29 is 5.11 Å². The Bertz CT molecular complexity index is 266. The van der Waals surface area contributed by atoms with Crippen LogP contribution in [-0.2, 0) is 6.54 Å². The number of aliphatic hydroxyl groups is 1. The molecule has 0 amide bonds. The molecule has 0 saturated carbocycles. The zero-order chi connectivity index (χ0) is 9.68. The fraction of sp³-hybridized carbons (Fsp3) is 0.273. The smallest absolute Gasteiger partial charge is 0.0824 e. The molecule has 70 valence electrons. The molecule has 13 heavy (non-hydrogen) atoms. The second-order valence-electron chi connectivity index (χ2n) is 2.99. The molecule has 0 fully saturated rings. The number of nitrogens with two attached hydrogens (primary N) is 1. The first-order chi connectivity index (χ1) is 6.27. The van der Waals surface area contributed by atoms with E-state index in [1.54, 1.807) is 6.08 Å². The first-order valence-corrected chi connectivity index (χ1v) is 4.35. The molecule has 0 radical (unpaired) electrons. The second-order valence-corrected chi connectivity index (χ2v) is 2.99. The summed E-state index contributed by atoms with van der Waals surface area (Å²) in [7, 11) is 0. The summed E-state index contributed by atoms with van der Waals surface area (Å²) >= 11 is 0. The molecule has 0 bridgehead atoms. The zero-order valence-electron chi connectivity index (χ0n) is 7.61. The fourth-order valence-corrected chi connectivity index (χ4v) is 1.17. The molecule has 0 aliphatic heterocycles. The first-order valence-electron chi connectivity index (χ1n) is 4.35. The predicted molar refractivity (Wildman–Crippen MR) is 54.1 cm³/mol. The Labute approximate surface area is 78.7 Å². The fourth-order valence-electron chi connectivity index (χ4n) is 1.17. The molecular weight excluding hydrogens is 162 g/mol. The van der Waals surface area contributed by atoms with E-state index in [0.717, 1.165) is 11.1 Å². The van der Waals surface area contributed by atoms with Gasteiger partial charge in [-0.2, -0.15) is 0 Å². The summed E-state index contributed by atoms with van der Waals surface area (Å²) in [5.41, 5.74) is 7.45. The van der Waals surface area contributed by atoms with Gasteiger partial charge in [-0.15, -0.1) is 6.58 Å².